The van der Waals surface area contributed by atoms with Crippen LogP contribution in [0.25, 0.3) is 22.3 Å². The molecular weight excluding hydrogens is 428 g/mol. The van der Waals surface area contributed by atoms with Gasteiger partial charge in [-0.2, -0.15) is 0 Å². The van der Waals surface area contributed by atoms with E-state index in [1.807, 2.05) is 0 Å². The van der Waals surface area contributed by atoms with Gasteiger partial charge < -0.3 is 49.6 Å². The summed E-state index contributed by atoms with van der Waals surface area (Å²) in [6, 6.07) is 7.61. The van der Waals surface area contributed by atoms with Gasteiger partial charge in [0, 0.05) is 17.7 Å². The minimum Gasteiger partial charge on any atom is -0.508 e. The maximum absolute atomic E-state index is 12.7. The highest BCUT2D eigenvalue weighted by Gasteiger charge is 2.45. The molecule has 5 atom stereocenters. The van der Waals surface area contributed by atoms with Gasteiger partial charge in [-0.1, -0.05) is 0 Å². The number of phenolic OH excluding ortho intramolecular Hbond substituents is 3. The zero-order valence-corrected chi connectivity index (χ0v) is 16.3. The molecule has 2 aromatic carbocycles. The van der Waals surface area contributed by atoms with Crippen LogP contribution in [0.1, 0.15) is 0 Å². The molecule has 1 aromatic heterocycles. The number of aliphatic hydroxyl groups is 4. The first kappa shape index (κ1) is 21.9. The van der Waals surface area contributed by atoms with Gasteiger partial charge >= 0.3 is 0 Å². The first-order valence-corrected chi connectivity index (χ1v) is 9.50. The highest BCUT2D eigenvalue weighted by atomic mass is 16.7. The van der Waals surface area contributed by atoms with E-state index in [2.05, 4.69) is 0 Å². The van der Waals surface area contributed by atoms with Crippen molar-refractivity contribution < 1.29 is 49.6 Å². The topological polar surface area (TPSA) is 190 Å². The number of phenols is 3. The summed E-state index contributed by atoms with van der Waals surface area (Å²) in [5, 5.41) is 69.1. The van der Waals surface area contributed by atoms with Crippen molar-refractivity contribution in [2.24, 2.45) is 0 Å². The number of hydrogen-bond donors (Lipinski definition) is 7. The highest BCUT2D eigenvalue weighted by Crippen LogP contribution is 2.42. The lowest BCUT2D eigenvalue weighted by Crippen LogP contribution is -2.60. The van der Waals surface area contributed by atoms with E-state index in [1.165, 1.54) is 24.3 Å². The fraction of sp³-hybridized carbons (Fsp3) is 0.286. The molecule has 0 radical (unpaired) electrons. The maximum atomic E-state index is 12.7. The Morgan fingerprint density at radius 2 is 1.59 bits per heavy atom. The second-order valence-corrected chi connectivity index (χ2v) is 7.28. The summed E-state index contributed by atoms with van der Waals surface area (Å²) in [6.45, 7) is -0.701. The molecule has 3 aromatic rings. The first-order chi connectivity index (χ1) is 15.2. The lowest BCUT2D eigenvalue weighted by molar-refractivity contribution is -0.277. The number of benzene rings is 2. The van der Waals surface area contributed by atoms with Gasteiger partial charge in [-0.25, -0.2) is 0 Å². The number of aromatic hydroxyl groups is 3. The fourth-order valence-electron chi connectivity index (χ4n) is 3.44. The van der Waals surface area contributed by atoms with Gasteiger partial charge in [0.05, 0.1) is 6.61 Å². The van der Waals surface area contributed by atoms with Gasteiger partial charge in [0.25, 0.3) is 0 Å². The van der Waals surface area contributed by atoms with Gasteiger partial charge in [0.2, 0.25) is 12.0 Å². The summed E-state index contributed by atoms with van der Waals surface area (Å²) in [6.07, 6.45) is -8.10. The van der Waals surface area contributed by atoms with Crippen LogP contribution in [0.5, 0.6) is 23.0 Å². The summed E-state index contributed by atoms with van der Waals surface area (Å²) in [7, 11) is 0. The molecule has 0 amide bonds. The van der Waals surface area contributed by atoms with Crippen molar-refractivity contribution in [1.29, 1.82) is 0 Å². The Balaban J connectivity index is 1.83. The van der Waals surface area contributed by atoms with Crippen LogP contribution < -0.4 is 10.2 Å². The van der Waals surface area contributed by atoms with E-state index in [0.717, 1.165) is 12.1 Å². The van der Waals surface area contributed by atoms with Crippen LogP contribution >= 0.6 is 0 Å². The summed E-state index contributed by atoms with van der Waals surface area (Å²) >= 11 is 0. The van der Waals surface area contributed by atoms with Gasteiger partial charge in [-0.3, -0.25) is 4.79 Å². The molecule has 1 aliphatic rings. The lowest BCUT2D eigenvalue weighted by atomic mass is 9.99. The van der Waals surface area contributed by atoms with Crippen molar-refractivity contribution in [2.45, 2.75) is 30.7 Å². The van der Waals surface area contributed by atoms with E-state index in [9.17, 15) is 40.5 Å². The van der Waals surface area contributed by atoms with E-state index in [1.54, 1.807) is 0 Å². The maximum Gasteiger partial charge on any atom is 0.229 e. The highest BCUT2D eigenvalue weighted by molar-refractivity contribution is 5.91. The van der Waals surface area contributed by atoms with Crippen molar-refractivity contribution in [3.05, 3.63) is 46.6 Å². The Morgan fingerprint density at radius 3 is 2.25 bits per heavy atom. The molecule has 0 saturated carbocycles. The van der Waals surface area contributed by atoms with Gasteiger partial charge in [-0.05, 0) is 24.3 Å². The Hall–Kier alpha value is -3.35. The molecule has 0 spiro atoms. The smallest absolute Gasteiger partial charge is 0.229 e. The van der Waals surface area contributed by atoms with Crippen molar-refractivity contribution >= 4 is 11.0 Å². The molecule has 0 unspecified atom stereocenters. The predicted octanol–water partition coefficient (Wildman–Crippen LogP) is -0.245. The largest absolute Gasteiger partial charge is 0.508 e. The molecule has 1 aliphatic heterocycles. The van der Waals surface area contributed by atoms with Crippen LogP contribution in [0.3, 0.4) is 0 Å². The van der Waals surface area contributed by atoms with E-state index in [-0.39, 0.29) is 22.5 Å². The fourth-order valence-corrected chi connectivity index (χ4v) is 3.44. The second-order valence-electron chi connectivity index (χ2n) is 7.28. The average Bonchev–Trinajstić information content (AvgIpc) is 2.76. The molecule has 0 bridgehead atoms. The first-order valence-electron chi connectivity index (χ1n) is 9.50. The standard InChI is InChI=1S/C21H20O11/c22-7-14-16(27)17(28)18(29)21(31-14)32-19-12(26)5-10(24)15-11(25)6-13(30-20(15)19)8-1-3-9(23)4-2-8/h1-6,14,16-18,21-24,26-29H,7H2/t14-,16+,17+,18+,21+/m0/s1. The normalized spacial score (nSPS) is 25.7. The molecule has 11 heteroatoms. The Morgan fingerprint density at radius 1 is 0.906 bits per heavy atom. The zero-order valence-electron chi connectivity index (χ0n) is 16.3. The molecule has 11 nitrogen and oxygen atoms in total. The summed E-state index contributed by atoms with van der Waals surface area (Å²) in [5.41, 5.74) is -0.663. The van der Waals surface area contributed by atoms with Crippen molar-refractivity contribution in [3.8, 4) is 34.3 Å². The van der Waals surface area contributed by atoms with Crippen LogP contribution in [0.4, 0.5) is 0 Å². The Kier molecular flexibility index (Phi) is 5.67. The molecule has 1 saturated heterocycles. The van der Waals surface area contributed by atoms with Gasteiger partial charge in [0.1, 0.15) is 47.1 Å². The summed E-state index contributed by atoms with van der Waals surface area (Å²) < 4.78 is 16.5. The molecule has 7 N–H and O–H groups in total. The number of hydrogen-bond acceptors (Lipinski definition) is 11. The molecule has 1 fully saturated rings. The Bertz CT molecular complexity index is 1190. The number of rotatable bonds is 4. The summed E-state index contributed by atoms with van der Waals surface area (Å²) in [5.74, 6) is -1.74. The second kappa shape index (κ2) is 8.30. The summed E-state index contributed by atoms with van der Waals surface area (Å²) in [4.78, 5) is 12.7. The molecular formula is C21H20O11. The van der Waals surface area contributed by atoms with Gasteiger partial charge in [-0.15, -0.1) is 0 Å². The van der Waals surface area contributed by atoms with Crippen LogP contribution in [0.2, 0.25) is 0 Å². The van der Waals surface area contributed by atoms with E-state index >= 15 is 0 Å². The quantitative estimate of drug-likeness (QED) is 0.279. The molecule has 170 valence electrons. The van der Waals surface area contributed by atoms with Crippen LogP contribution in [-0.2, 0) is 4.74 Å². The monoisotopic (exact) mass is 448 g/mol. The van der Waals surface area contributed by atoms with Crippen molar-refractivity contribution in [3.63, 3.8) is 0 Å². The third kappa shape index (κ3) is 3.72. The number of fused-ring (bicyclic) bond motifs is 1. The third-order valence-electron chi connectivity index (χ3n) is 5.15. The predicted molar refractivity (Wildman–Crippen MR) is 107 cm³/mol. The van der Waals surface area contributed by atoms with Crippen LogP contribution in [0, 0.1) is 0 Å². The average molecular weight is 448 g/mol. The van der Waals surface area contributed by atoms with E-state index in [0.29, 0.717) is 5.56 Å². The minimum atomic E-state index is -1.79. The molecule has 32 heavy (non-hydrogen) atoms. The molecule has 4 rings (SSSR count). The van der Waals surface area contributed by atoms with Crippen molar-refractivity contribution in [2.75, 3.05) is 6.61 Å². The number of ether oxygens (including phenoxy) is 2. The Labute approximate surface area is 179 Å². The lowest BCUT2D eigenvalue weighted by Gasteiger charge is -2.39. The van der Waals surface area contributed by atoms with Crippen molar-refractivity contribution in [1.82, 2.24) is 0 Å². The van der Waals surface area contributed by atoms with E-state index in [4.69, 9.17) is 13.9 Å². The minimum absolute atomic E-state index is 0.0150. The third-order valence-corrected chi connectivity index (χ3v) is 5.15. The van der Waals surface area contributed by atoms with Crippen LogP contribution in [0.15, 0.2) is 45.6 Å². The van der Waals surface area contributed by atoms with E-state index < -0.39 is 60.0 Å². The zero-order chi connectivity index (χ0) is 23.2. The van der Waals surface area contributed by atoms with Gasteiger partial charge in [0.15, 0.2) is 16.8 Å². The van der Waals surface area contributed by atoms with Crippen LogP contribution in [-0.4, -0.2) is 73.1 Å². The number of aliphatic hydroxyl groups excluding tert-OH is 4. The molecule has 0 aliphatic carbocycles. The molecule has 2 heterocycles. The SMILES string of the molecule is O=c1cc(-c2ccc(O)cc2)oc2c(O[C@H]3O[C@@H](CO)[C@@H](O)[C@@H](O)[C@H]3O)c(O)cc(O)c12.